The van der Waals surface area contributed by atoms with Crippen LogP contribution in [0.3, 0.4) is 0 Å². The van der Waals surface area contributed by atoms with Gasteiger partial charge in [0.05, 0.1) is 30.2 Å². The maximum Gasteiger partial charge on any atom is 0.334 e. The third kappa shape index (κ3) is 4.94. The van der Waals surface area contributed by atoms with Gasteiger partial charge in [0.1, 0.15) is 13.6 Å². The van der Waals surface area contributed by atoms with Crippen molar-refractivity contribution in [3.05, 3.63) is 51.5 Å². The summed E-state index contributed by atoms with van der Waals surface area (Å²) in [5.74, 6) is -1.13. The van der Waals surface area contributed by atoms with Gasteiger partial charge in [0.2, 0.25) is 17.0 Å². The van der Waals surface area contributed by atoms with E-state index in [2.05, 4.69) is 19.8 Å². The van der Waals surface area contributed by atoms with Gasteiger partial charge in [-0.2, -0.15) is 4.99 Å². The van der Waals surface area contributed by atoms with Crippen LogP contribution in [0.25, 0.3) is 5.57 Å². The highest BCUT2D eigenvalue weighted by atomic mass is 16.3. The number of aryl methyl sites for hydroxylation is 2. The molecule has 1 aliphatic carbocycles. The zero-order chi connectivity index (χ0) is 25.7. The second-order valence-corrected chi connectivity index (χ2v) is 10.2. The Bertz CT molecular complexity index is 1440. The Hall–Kier alpha value is -3.60. The topological polar surface area (TPSA) is 167 Å². The Balaban J connectivity index is 0.00000200. The lowest BCUT2D eigenvalue weighted by Crippen LogP contribution is -2.69. The van der Waals surface area contributed by atoms with E-state index in [1.54, 1.807) is 6.92 Å². The van der Waals surface area contributed by atoms with Crippen LogP contribution in [-0.2, 0) is 22.4 Å². The number of nitrogens with zero attached hydrogens (tertiary/aromatic N) is 2. The highest BCUT2D eigenvalue weighted by molar-refractivity contribution is 6.28. The molecule has 0 aromatic heterocycles. The van der Waals surface area contributed by atoms with Gasteiger partial charge in [-0.05, 0) is 42.5 Å². The number of hydrogen-bond acceptors (Lipinski definition) is 6. The van der Waals surface area contributed by atoms with Gasteiger partial charge < -0.3 is 31.4 Å². The number of fused-ring (bicyclic) bond motifs is 2. The minimum atomic E-state index is -1.02. The summed E-state index contributed by atoms with van der Waals surface area (Å²) in [6.45, 7) is 4.86. The van der Waals surface area contributed by atoms with Crippen LogP contribution >= 0.6 is 0 Å². The van der Waals surface area contributed by atoms with Crippen molar-refractivity contribution in [2.75, 3.05) is 37.4 Å². The number of hydrogen-bond donors (Lipinski definition) is 4. The summed E-state index contributed by atoms with van der Waals surface area (Å²) in [4.78, 5) is 30.8. The number of Topliss-reactive ketones (excluding diaryl/α,β-unsaturated/α-hetero) is 1. The van der Waals surface area contributed by atoms with Crippen LogP contribution in [0, 0.1) is 0 Å². The number of ketones is 1. The molecule has 2 atom stereocenters. The normalized spacial score (nSPS) is 21.9. The number of rotatable bonds is 3. The van der Waals surface area contributed by atoms with E-state index in [0.717, 1.165) is 60.9 Å². The quantitative estimate of drug-likeness (QED) is 0.234. The van der Waals surface area contributed by atoms with Crippen molar-refractivity contribution >= 4 is 40.2 Å². The minimum Gasteiger partial charge on any atom is -0.870 e. The van der Waals surface area contributed by atoms with Gasteiger partial charge in [-0.25, -0.2) is 4.58 Å². The number of nitrogens with one attached hydrogen (secondary N) is 2. The molecule has 2 aromatic carbocycles. The first kappa shape index (κ1) is 29.0. The van der Waals surface area contributed by atoms with Gasteiger partial charge in [-0.15, -0.1) is 0 Å². The van der Waals surface area contributed by atoms with Crippen molar-refractivity contribution in [1.82, 2.24) is 4.58 Å². The lowest BCUT2D eigenvalue weighted by Gasteiger charge is -2.37. The molecule has 6 N–H and O–H groups in total. The van der Waals surface area contributed by atoms with Crippen molar-refractivity contribution in [2.24, 2.45) is 0 Å². The number of anilines is 2. The molecular formula is C28H36N4O6. The highest BCUT2D eigenvalue weighted by Crippen LogP contribution is 2.44. The van der Waals surface area contributed by atoms with Crippen molar-refractivity contribution in [3.63, 3.8) is 0 Å². The second-order valence-electron chi connectivity index (χ2n) is 10.2. The molecule has 0 radical (unpaired) electrons. The molecule has 0 spiro atoms. The van der Waals surface area contributed by atoms with E-state index in [0.29, 0.717) is 27.7 Å². The number of aliphatic hydroxyl groups is 2. The number of amides is 1. The number of carbonyl (C=O) groups is 2. The largest absolute Gasteiger partial charge is 0.870 e. The molecule has 10 heteroatoms. The van der Waals surface area contributed by atoms with Crippen LogP contribution in [0.1, 0.15) is 49.3 Å². The smallest absolute Gasteiger partial charge is 0.334 e. The van der Waals surface area contributed by atoms with Gasteiger partial charge in [-0.1, -0.05) is 6.07 Å². The fourth-order valence-corrected chi connectivity index (χ4v) is 5.86. The van der Waals surface area contributed by atoms with Gasteiger partial charge in [-0.3, -0.25) is 9.59 Å². The lowest BCUT2D eigenvalue weighted by molar-refractivity contribution is -0.367. The Morgan fingerprint density at radius 3 is 2.47 bits per heavy atom. The van der Waals surface area contributed by atoms with E-state index >= 15 is 0 Å². The molecule has 2 aliphatic heterocycles. The molecule has 38 heavy (non-hydrogen) atoms. The number of aliphatic hydroxyl groups excluding tert-OH is 2. The summed E-state index contributed by atoms with van der Waals surface area (Å²) < 4.78 is 2.16. The van der Waals surface area contributed by atoms with E-state index in [1.165, 1.54) is 6.92 Å². The molecule has 0 bridgehead atoms. The van der Waals surface area contributed by atoms with E-state index in [-0.39, 0.29) is 28.5 Å². The van der Waals surface area contributed by atoms with E-state index in [9.17, 15) is 19.8 Å². The Morgan fingerprint density at radius 2 is 1.82 bits per heavy atom. The highest BCUT2D eigenvalue weighted by Gasteiger charge is 2.47. The zero-order valence-electron chi connectivity index (χ0n) is 22.2. The summed E-state index contributed by atoms with van der Waals surface area (Å²) in [7, 11) is 4.05. The molecular weight excluding hydrogens is 488 g/mol. The second kappa shape index (κ2) is 11.0. The maximum atomic E-state index is 13.7. The minimum absolute atomic E-state index is 0. The van der Waals surface area contributed by atoms with Gasteiger partial charge >= 0.3 is 5.90 Å². The SMILES string of the molecule is CC(=O)Nc1cc2c(cc1C1C(=O)C(=c3cc4c(cc3[NH+]=C(C)O)=[N+](C)CCC4)C1O)CCCN2C.[OH-].[OH-]. The molecule has 2 unspecified atom stereocenters. The van der Waals surface area contributed by atoms with Crippen LogP contribution in [0.2, 0.25) is 0 Å². The van der Waals surface area contributed by atoms with Crippen LogP contribution in [0.15, 0.2) is 24.3 Å². The van der Waals surface area contributed by atoms with E-state index in [1.807, 2.05) is 38.4 Å². The van der Waals surface area contributed by atoms with Crippen molar-refractivity contribution in [2.45, 2.75) is 51.6 Å². The summed E-state index contributed by atoms with van der Waals surface area (Å²) >= 11 is 0. The van der Waals surface area contributed by atoms with Crippen molar-refractivity contribution in [1.29, 1.82) is 0 Å². The summed E-state index contributed by atoms with van der Waals surface area (Å²) in [5, 5.41) is 25.9. The van der Waals surface area contributed by atoms with Gasteiger partial charge in [0.25, 0.3) is 0 Å². The Morgan fingerprint density at radius 1 is 1.11 bits per heavy atom. The molecule has 10 nitrogen and oxygen atoms in total. The average Bonchev–Trinajstić information content (AvgIpc) is 2.80. The monoisotopic (exact) mass is 524 g/mol. The van der Waals surface area contributed by atoms with Crippen LogP contribution < -0.4 is 30.4 Å². The summed E-state index contributed by atoms with van der Waals surface area (Å²) in [6, 6.07) is 7.82. The lowest BCUT2D eigenvalue weighted by atomic mass is 9.69. The standard InChI is InChI=1S/C28H32N4O4.2H2O/c1-15(33)29-21-13-23-17(7-5-9-31(23)3)11-19(21)25-27(35)26(28(25)36)20-12-18-8-6-10-32(4)24(18)14-22(20)30-16(2)34;;/h11-14,25,27,35H,5-10H2,1-4H3,(H,29,33);2*1H2. The van der Waals surface area contributed by atoms with Crippen LogP contribution in [0.4, 0.5) is 17.1 Å². The number of carbonyl (C=O) groups excluding carboxylic acids is 2. The Kier molecular flexibility index (Phi) is 8.40. The van der Waals surface area contributed by atoms with Crippen LogP contribution in [0.5, 0.6) is 0 Å². The molecule has 204 valence electrons. The number of benzene rings is 2. The molecule has 2 heterocycles. The fourth-order valence-electron chi connectivity index (χ4n) is 5.86. The maximum absolute atomic E-state index is 13.7. The van der Waals surface area contributed by atoms with Gasteiger partial charge in [0.15, 0.2) is 5.78 Å². The summed E-state index contributed by atoms with van der Waals surface area (Å²) in [6.07, 6.45) is 2.78. The van der Waals surface area contributed by atoms with E-state index < -0.39 is 12.0 Å². The zero-order valence-corrected chi connectivity index (χ0v) is 22.2. The molecule has 1 saturated carbocycles. The average molecular weight is 525 g/mol. The molecule has 1 fully saturated rings. The third-order valence-corrected chi connectivity index (χ3v) is 7.58. The Labute approximate surface area is 221 Å². The predicted octanol–water partition coefficient (Wildman–Crippen LogP) is -0.692. The molecule has 3 aliphatic rings. The fraction of sp³-hybridized carbons (Fsp3) is 0.429. The molecule has 2 aromatic rings. The van der Waals surface area contributed by atoms with Crippen molar-refractivity contribution in [3.8, 4) is 0 Å². The van der Waals surface area contributed by atoms with Gasteiger partial charge in [0, 0.05) is 49.4 Å². The first-order valence-electron chi connectivity index (χ1n) is 12.6. The third-order valence-electron chi connectivity index (χ3n) is 7.58. The molecule has 1 amide bonds. The van der Waals surface area contributed by atoms with Crippen LogP contribution in [-0.4, -0.2) is 72.0 Å². The summed E-state index contributed by atoms with van der Waals surface area (Å²) in [5.41, 5.74) is 5.42. The first-order valence-corrected chi connectivity index (χ1v) is 12.6. The van der Waals surface area contributed by atoms with Crippen molar-refractivity contribution < 1.29 is 35.7 Å². The first-order chi connectivity index (χ1) is 17.2. The van der Waals surface area contributed by atoms with E-state index in [4.69, 9.17) is 0 Å². The molecule has 5 rings (SSSR count). The molecule has 0 saturated heterocycles. The predicted molar refractivity (Wildman–Crippen MR) is 143 cm³/mol.